The zero-order valence-corrected chi connectivity index (χ0v) is 18.7. The van der Waals surface area contributed by atoms with Crippen molar-refractivity contribution in [2.75, 3.05) is 0 Å². The molecule has 0 aliphatic heterocycles. The van der Waals surface area contributed by atoms with Crippen molar-refractivity contribution in [1.29, 1.82) is 0 Å². The molecule has 4 nitrogen and oxygen atoms in total. The Morgan fingerprint density at radius 1 is 0.543 bits per heavy atom. The highest BCUT2D eigenvalue weighted by atomic mass is 16.1. The normalized spacial score (nSPS) is 17.3. The molecule has 35 heavy (non-hydrogen) atoms. The van der Waals surface area contributed by atoms with Crippen LogP contribution in [0, 0.1) is 23.7 Å². The summed E-state index contributed by atoms with van der Waals surface area (Å²) in [5.74, 6) is 11.9. The van der Waals surface area contributed by atoms with Crippen LogP contribution in [0.4, 0.5) is 0 Å². The van der Waals surface area contributed by atoms with Crippen molar-refractivity contribution in [2.24, 2.45) is 0 Å². The Balaban J connectivity index is 1.35. The highest BCUT2D eigenvalue weighted by Gasteiger charge is 2.43. The van der Waals surface area contributed by atoms with Gasteiger partial charge in [-0.05, 0) is 66.1 Å². The first-order valence-corrected chi connectivity index (χ1v) is 11.4. The second-order valence-corrected chi connectivity index (χ2v) is 8.65. The molecule has 0 N–H and O–H groups in total. The molecule has 0 spiro atoms. The number of carbonyl (C=O) groups is 2. The van der Waals surface area contributed by atoms with Crippen molar-refractivity contribution in [3.63, 3.8) is 0 Å². The quantitative estimate of drug-likeness (QED) is 0.357. The van der Waals surface area contributed by atoms with Gasteiger partial charge in [-0.15, -0.1) is 0 Å². The number of hydrogen-bond donors (Lipinski definition) is 0. The number of Topliss-reactive ketones (excluding diaryl/α,β-unsaturated/α-hetero) is 2. The molecule has 2 aromatic carbocycles. The summed E-state index contributed by atoms with van der Waals surface area (Å²) in [5, 5.41) is 0. The lowest BCUT2D eigenvalue weighted by Gasteiger charge is -2.35. The van der Waals surface area contributed by atoms with Crippen LogP contribution in [-0.4, -0.2) is 21.5 Å². The standard InChI is InChI=1S/C31H18N2O2/c34-30-26-17-22(3-1-20-9-13-32-14-10-20)5-7-24(26)28-19-29(30)25-8-6-23(18-27(25)31(28)35)4-2-21-11-15-33-16-12-21/h5-18,28-29H,19H2. The Hall–Kier alpha value is -4.80. The zero-order chi connectivity index (χ0) is 23.8. The average molecular weight is 450 g/mol. The minimum Gasteiger partial charge on any atom is -0.293 e. The number of rotatable bonds is 0. The molecular formula is C31H18N2O2. The zero-order valence-electron chi connectivity index (χ0n) is 18.7. The summed E-state index contributed by atoms with van der Waals surface area (Å²) < 4.78 is 0. The molecule has 2 aliphatic carbocycles. The van der Waals surface area contributed by atoms with Crippen LogP contribution in [0.3, 0.4) is 0 Å². The molecule has 164 valence electrons. The van der Waals surface area contributed by atoms with E-state index < -0.39 is 0 Å². The summed E-state index contributed by atoms with van der Waals surface area (Å²) in [5.41, 5.74) is 6.02. The molecule has 2 unspecified atom stereocenters. The molecule has 0 amide bonds. The number of benzene rings is 2. The Morgan fingerprint density at radius 3 is 1.37 bits per heavy atom. The fraction of sp³-hybridized carbons (Fsp3) is 0.0968. The Bertz CT molecular complexity index is 1490. The largest absolute Gasteiger partial charge is 0.293 e. The highest BCUT2D eigenvalue weighted by Crippen LogP contribution is 2.47. The SMILES string of the molecule is O=C1c2cc(C#Cc3ccncc3)ccc2C2CC1c1ccc(C#Cc3ccncc3)cc1C2=O. The molecule has 6 rings (SSSR count). The summed E-state index contributed by atoms with van der Waals surface area (Å²) in [4.78, 5) is 35.0. The number of ketones is 2. The van der Waals surface area contributed by atoms with E-state index in [0.29, 0.717) is 17.5 Å². The molecule has 2 aliphatic rings. The first-order valence-electron chi connectivity index (χ1n) is 11.4. The summed E-state index contributed by atoms with van der Waals surface area (Å²) in [6, 6.07) is 18.6. The van der Waals surface area contributed by atoms with E-state index in [4.69, 9.17) is 0 Å². The molecular weight excluding hydrogens is 432 g/mol. The van der Waals surface area contributed by atoms with Gasteiger partial charge in [-0.25, -0.2) is 0 Å². The number of fused-ring (bicyclic) bond motifs is 6. The van der Waals surface area contributed by atoms with Crippen molar-refractivity contribution in [1.82, 2.24) is 9.97 Å². The first-order chi connectivity index (χ1) is 17.2. The molecule has 0 radical (unpaired) electrons. The molecule has 4 aromatic rings. The van der Waals surface area contributed by atoms with E-state index in [-0.39, 0.29) is 23.4 Å². The topological polar surface area (TPSA) is 59.9 Å². The molecule has 4 heteroatoms. The molecule has 2 aromatic heterocycles. The first kappa shape index (κ1) is 20.8. The van der Waals surface area contributed by atoms with Crippen LogP contribution in [0.2, 0.25) is 0 Å². The maximum atomic E-state index is 13.5. The van der Waals surface area contributed by atoms with Crippen LogP contribution < -0.4 is 0 Å². The van der Waals surface area contributed by atoms with Gasteiger partial charge in [-0.1, -0.05) is 35.8 Å². The summed E-state index contributed by atoms with van der Waals surface area (Å²) in [6.45, 7) is 0. The van der Waals surface area contributed by atoms with Gasteiger partial charge in [-0.3, -0.25) is 19.6 Å². The van der Waals surface area contributed by atoms with Crippen LogP contribution in [0.1, 0.15) is 72.4 Å². The molecule has 2 bridgehead atoms. The van der Waals surface area contributed by atoms with Gasteiger partial charge < -0.3 is 0 Å². The predicted octanol–water partition coefficient (Wildman–Crippen LogP) is 4.93. The minimum absolute atomic E-state index is 0.0492. The smallest absolute Gasteiger partial charge is 0.170 e. The lowest BCUT2D eigenvalue weighted by atomic mass is 9.65. The van der Waals surface area contributed by atoms with E-state index in [0.717, 1.165) is 33.4 Å². The van der Waals surface area contributed by atoms with Gasteiger partial charge in [0.05, 0.1) is 0 Å². The monoisotopic (exact) mass is 450 g/mol. The summed E-state index contributed by atoms with van der Waals surface area (Å²) in [6.07, 6.45) is 7.30. The minimum atomic E-state index is -0.328. The van der Waals surface area contributed by atoms with E-state index in [2.05, 4.69) is 33.6 Å². The second kappa shape index (κ2) is 8.52. The van der Waals surface area contributed by atoms with Crippen LogP contribution in [0.5, 0.6) is 0 Å². The van der Waals surface area contributed by atoms with Gasteiger partial charge in [0.2, 0.25) is 0 Å². The highest BCUT2D eigenvalue weighted by molar-refractivity contribution is 6.14. The molecule has 2 atom stereocenters. The fourth-order valence-corrected chi connectivity index (χ4v) is 4.82. The van der Waals surface area contributed by atoms with Crippen molar-refractivity contribution in [3.8, 4) is 23.7 Å². The lowest BCUT2D eigenvalue weighted by Crippen LogP contribution is -2.34. The number of hydrogen-bond acceptors (Lipinski definition) is 4. The van der Waals surface area contributed by atoms with Gasteiger partial charge in [0.1, 0.15) is 0 Å². The third-order valence-corrected chi connectivity index (χ3v) is 6.56. The predicted molar refractivity (Wildman–Crippen MR) is 132 cm³/mol. The van der Waals surface area contributed by atoms with Crippen molar-refractivity contribution < 1.29 is 9.59 Å². The number of carbonyl (C=O) groups excluding carboxylic acids is 2. The lowest BCUT2D eigenvalue weighted by molar-refractivity contribution is 0.0875. The van der Waals surface area contributed by atoms with Crippen molar-refractivity contribution in [3.05, 3.63) is 130 Å². The van der Waals surface area contributed by atoms with E-state index in [1.54, 1.807) is 24.8 Å². The summed E-state index contributed by atoms with van der Waals surface area (Å²) >= 11 is 0. The van der Waals surface area contributed by atoms with Gasteiger partial charge in [0.25, 0.3) is 0 Å². The van der Waals surface area contributed by atoms with Crippen LogP contribution in [-0.2, 0) is 0 Å². The Labute approximate surface area is 203 Å². The molecule has 2 heterocycles. The van der Waals surface area contributed by atoms with Gasteiger partial charge in [0.15, 0.2) is 11.6 Å². The van der Waals surface area contributed by atoms with Crippen LogP contribution >= 0.6 is 0 Å². The van der Waals surface area contributed by atoms with Crippen LogP contribution in [0.25, 0.3) is 0 Å². The van der Waals surface area contributed by atoms with Gasteiger partial charge in [-0.2, -0.15) is 0 Å². The molecule has 0 saturated heterocycles. The van der Waals surface area contributed by atoms with Gasteiger partial charge >= 0.3 is 0 Å². The van der Waals surface area contributed by atoms with E-state index in [1.165, 1.54) is 0 Å². The number of aromatic nitrogens is 2. The average Bonchev–Trinajstić information content (AvgIpc) is 2.92. The maximum absolute atomic E-state index is 13.5. The van der Waals surface area contributed by atoms with E-state index in [9.17, 15) is 9.59 Å². The number of nitrogens with zero attached hydrogens (tertiary/aromatic N) is 2. The van der Waals surface area contributed by atoms with Crippen molar-refractivity contribution in [2.45, 2.75) is 18.3 Å². The summed E-state index contributed by atoms with van der Waals surface area (Å²) in [7, 11) is 0. The second-order valence-electron chi connectivity index (χ2n) is 8.65. The molecule has 0 saturated carbocycles. The van der Waals surface area contributed by atoms with E-state index in [1.807, 2.05) is 60.7 Å². The van der Waals surface area contributed by atoms with Crippen LogP contribution in [0.15, 0.2) is 85.5 Å². The third-order valence-electron chi connectivity index (χ3n) is 6.56. The number of pyridine rings is 2. The Kier molecular flexibility index (Phi) is 5.06. The van der Waals surface area contributed by atoms with Gasteiger partial charge in [0, 0.05) is 70.0 Å². The maximum Gasteiger partial charge on any atom is 0.170 e. The van der Waals surface area contributed by atoms with E-state index >= 15 is 0 Å². The molecule has 0 fully saturated rings. The third kappa shape index (κ3) is 3.82. The fourth-order valence-electron chi connectivity index (χ4n) is 4.82. The van der Waals surface area contributed by atoms with Crippen molar-refractivity contribution >= 4 is 11.6 Å². The Morgan fingerprint density at radius 2 is 0.943 bits per heavy atom.